The Labute approximate surface area is 146 Å². The normalized spacial score (nSPS) is 12.7. The molecule has 0 aromatic carbocycles. The monoisotopic (exact) mass is 366 g/mol. The van der Waals surface area contributed by atoms with E-state index in [1.807, 2.05) is 20.8 Å². The van der Waals surface area contributed by atoms with Crippen molar-refractivity contribution in [3.63, 3.8) is 0 Å². The first-order valence-electron chi connectivity index (χ1n) is 7.34. The molecule has 3 aromatic rings. The summed E-state index contributed by atoms with van der Waals surface area (Å²) in [7, 11) is 0. The lowest BCUT2D eigenvalue weighted by Crippen LogP contribution is -2.20. The lowest BCUT2D eigenvalue weighted by Gasteiger charge is -2.12. The first-order valence-corrected chi connectivity index (χ1v) is 9.14. The quantitative estimate of drug-likeness (QED) is 0.445. The molecule has 1 atom stereocenters. The van der Waals surface area contributed by atoms with Crippen molar-refractivity contribution >= 4 is 44.4 Å². The van der Waals surface area contributed by atoms with Gasteiger partial charge in [0.1, 0.15) is 10.5 Å². The summed E-state index contributed by atoms with van der Waals surface area (Å²) in [6.07, 6.45) is 0. The summed E-state index contributed by atoms with van der Waals surface area (Å²) in [5, 5.41) is 17.4. The molecule has 0 amide bonds. The van der Waals surface area contributed by atoms with Crippen LogP contribution in [0.25, 0.3) is 10.3 Å². The van der Waals surface area contributed by atoms with Crippen molar-refractivity contribution in [2.75, 3.05) is 17.7 Å². The van der Waals surface area contributed by atoms with E-state index in [0.29, 0.717) is 27.5 Å². The zero-order chi connectivity index (χ0) is 17.3. The van der Waals surface area contributed by atoms with E-state index < -0.39 is 0 Å². The molecule has 0 aliphatic rings. The van der Waals surface area contributed by atoms with Crippen LogP contribution in [0, 0.1) is 13.8 Å². The maximum atomic E-state index is 9.27. The molecular weight excluding hydrogens is 348 g/mol. The number of nitrogens with one attached hydrogen (secondary N) is 1. The van der Waals surface area contributed by atoms with E-state index in [0.717, 1.165) is 21.7 Å². The number of aromatic nitrogens is 4. The van der Waals surface area contributed by atoms with Gasteiger partial charge in [-0.15, -0.1) is 0 Å². The predicted octanol–water partition coefficient (Wildman–Crippen LogP) is 2.36. The van der Waals surface area contributed by atoms with E-state index in [4.69, 9.17) is 10.3 Å². The molecule has 3 aromatic heterocycles. The maximum Gasteiger partial charge on any atom is 0.191 e. The van der Waals surface area contributed by atoms with Gasteiger partial charge in [-0.25, -0.2) is 15.0 Å². The number of nitrogens with two attached hydrogens (primary N) is 1. The van der Waals surface area contributed by atoms with Crippen molar-refractivity contribution in [1.29, 1.82) is 0 Å². The van der Waals surface area contributed by atoms with Crippen LogP contribution in [0.4, 0.5) is 10.9 Å². The van der Waals surface area contributed by atoms with Gasteiger partial charge in [-0.2, -0.15) is 0 Å². The highest BCUT2D eigenvalue weighted by Gasteiger charge is 2.16. The number of aliphatic hydroxyl groups excluding tert-OH is 1. The number of aliphatic hydroxyl groups is 1. The van der Waals surface area contributed by atoms with Gasteiger partial charge in [0.05, 0.1) is 12.3 Å². The van der Waals surface area contributed by atoms with Gasteiger partial charge in [-0.05, 0) is 20.8 Å². The number of anilines is 2. The van der Waals surface area contributed by atoms with Crippen LogP contribution in [-0.4, -0.2) is 37.9 Å². The fourth-order valence-corrected chi connectivity index (χ4v) is 3.82. The summed E-state index contributed by atoms with van der Waals surface area (Å²) in [6, 6.07) is -0.133. The summed E-state index contributed by atoms with van der Waals surface area (Å²) in [4.78, 5) is 13.3. The van der Waals surface area contributed by atoms with Crippen LogP contribution in [0.1, 0.15) is 23.9 Å². The van der Waals surface area contributed by atoms with Crippen molar-refractivity contribution in [1.82, 2.24) is 20.1 Å². The Morgan fingerprint density at radius 3 is 2.79 bits per heavy atom. The fraction of sp³-hybridized carbons (Fsp3) is 0.429. The Balaban J connectivity index is 1.90. The van der Waals surface area contributed by atoms with Gasteiger partial charge in [0, 0.05) is 17.4 Å². The molecule has 0 bridgehead atoms. The summed E-state index contributed by atoms with van der Waals surface area (Å²) in [5.41, 5.74) is 8.26. The van der Waals surface area contributed by atoms with Crippen LogP contribution >= 0.6 is 23.1 Å². The van der Waals surface area contributed by atoms with E-state index in [1.54, 1.807) is 0 Å². The van der Waals surface area contributed by atoms with E-state index in [9.17, 15) is 5.11 Å². The number of thiazole rings is 1. The van der Waals surface area contributed by atoms with Gasteiger partial charge < -0.3 is 20.7 Å². The number of hydrogen-bond donors (Lipinski definition) is 3. The molecule has 3 rings (SSSR count). The minimum atomic E-state index is -0.133. The maximum absolute atomic E-state index is 9.27. The number of fused-ring (bicyclic) bond motifs is 1. The third-order valence-electron chi connectivity index (χ3n) is 3.43. The van der Waals surface area contributed by atoms with Crippen molar-refractivity contribution in [2.24, 2.45) is 0 Å². The van der Waals surface area contributed by atoms with Crippen molar-refractivity contribution in [2.45, 2.75) is 37.7 Å². The molecular formula is C14H18N6O2S2. The van der Waals surface area contributed by atoms with Crippen LogP contribution in [0.15, 0.2) is 9.68 Å². The van der Waals surface area contributed by atoms with Crippen molar-refractivity contribution in [3.05, 3.63) is 17.0 Å². The Morgan fingerprint density at radius 2 is 2.12 bits per heavy atom. The molecule has 0 aliphatic heterocycles. The Hall–Kier alpha value is -1.91. The fourth-order valence-electron chi connectivity index (χ4n) is 2.11. The average molecular weight is 366 g/mol. The lowest BCUT2D eigenvalue weighted by molar-refractivity contribution is 0.281. The molecule has 0 spiro atoms. The minimum absolute atomic E-state index is 0.00133. The SMILES string of the molecule is Cc1noc(C)c1CSc1nc(N[C@H](C)CO)c2sc(N)nc2n1. The number of rotatable bonds is 6. The Morgan fingerprint density at radius 1 is 1.33 bits per heavy atom. The van der Waals surface area contributed by atoms with Gasteiger partial charge in [0.2, 0.25) is 0 Å². The number of nitrogen functional groups attached to an aromatic ring is 1. The molecule has 0 unspecified atom stereocenters. The Bertz CT molecular complexity index is 843. The standard InChI is InChI=1S/C14H18N6O2S2/c1-6(4-21)16-11-10-12(17-13(15)24-10)19-14(18-11)23-5-9-7(2)20-22-8(9)3/h6,21H,4-5H2,1-3H3,(H3,15,16,17,18,19)/t6-/m1/s1. The van der Waals surface area contributed by atoms with Crippen LogP contribution in [0.2, 0.25) is 0 Å². The van der Waals surface area contributed by atoms with Crippen LogP contribution in [0.5, 0.6) is 0 Å². The third-order valence-corrected chi connectivity index (χ3v) is 5.19. The molecule has 0 aliphatic carbocycles. The topological polar surface area (TPSA) is 123 Å². The van der Waals surface area contributed by atoms with Crippen LogP contribution < -0.4 is 11.1 Å². The molecule has 0 fully saturated rings. The van der Waals surface area contributed by atoms with E-state index in [1.165, 1.54) is 23.1 Å². The zero-order valence-electron chi connectivity index (χ0n) is 13.5. The molecule has 0 saturated heterocycles. The summed E-state index contributed by atoms with van der Waals surface area (Å²) in [6.45, 7) is 5.67. The lowest BCUT2D eigenvalue weighted by atomic mass is 10.2. The largest absolute Gasteiger partial charge is 0.394 e. The van der Waals surface area contributed by atoms with Gasteiger partial charge in [0.25, 0.3) is 0 Å². The van der Waals surface area contributed by atoms with Gasteiger partial charge in [-0.1, -0.05) is 28.3 Å². The van der Waals surface area contributed by atoms with Crippen molar-refractivity contribution < 1.29 is 9.63 Å². The summed E-state index contributed by atoms with van der Waals surface area (Å²) >= 11 is 2.80. The molecule has 10 heteroatoms. The first-order chi connectivity index (χ1) is 11.5. The Kier molecular flexibility index (Phi) is 4.88. The average Bonchev–Trinajstić information content (AvgIpc) is 3.07. The van der Waals surface area contributed by atoms with E-state index in [2.05, 4.69) is 25.4 Å². The summed E-state index contributed by atoms with van der Waals surface area (Å²) in [5.74, 6) is 2.09. The third kappa shape index (κ3) is 3.45. The minimum Gasteiger partial charge on any atom is -0.394 e. The van der Waals surface area contributed by atoms with E-state index in [-0.39, 0.29) is 12.6 Å². The second kappa shape index (κ2) is 6.91. The number of nitrogens with zero attached hydrogens (tertiary/aromatic N) is 4. The predicted molar refractivity (Wildman–Crippen MR) is 95.3 cm³/mol. The molecule has 0 radical (unpaired) electrons. The first kappa shape index (κ1) is 16.9. The number of aryl methyl sites for hydroxylation is 2. The van der Waals surface area contributed by atoms with Gasteiger partial charge >= 0.3 is 0 Å². The molecule has 3 heterocycles. The molecule has 8 nitrogen and oxygen atoms in total. The summed E-state index contributed by atoms with van der Waals surface area (Å²) < 4.78 is 5.96. The smallest absolute Gasteiger partial charge is 0.191 e. The van der Waals surface area contributed by atoms with Crippen LogP contribution in [0.3, 0.4) is 0 Å². The molecule has 4 N–H and O–H groups in total. The molecule has 0 saturated carbocycles. The second-order valence-electron chi connectivity index (χ2n) is 5.38. The molecule has 128 valence electrons. The van der Waals surface area contributed by atoms with Gasteiger partial charge in [-0.3, -0.25) is 0 Å². The number of hydrogen-bond acceptors (Lipinski definition) is 10. The van der Waals surface area contributed by atoms with Crippen molar-refractivity contribution in [3.8, 4) is 0 Å². The van der Waals surface area contributed by atoms with Gasteiger partial charge in [0.15, 0.2) is 21.8 Å². The highest BCUT2D eigenvalue weighted by molar-refractivity contribution is 7.98. The van der Waals surface area contributed by atoms with E-state index >= 15 is 0 Å². The zero-order valence-corrected chi connectivity index (χ0v) is 15.2. The molecule has 24 heavy (non-hydrogen) atoms. The highest BCUT2D eigenvalue weighted by Crippen LogP contribution is 2.32. The van der Waals surface area contributed by atoms with Crippen LogP contribution in [-0.2, 0) is 5.75 Å². The highest BCUT2D eigenvalue weighted by atomic mass is 32.2. The second-order valence-corrected chi connectivity index (χ2v) is 7.35. The number of thioether (sulfide) groups is 1.